The van der Waals surface area contributed by atoms with Gasteiger partial charge in [-0.3, -0.25) is 0 Å². The SMILES string of the molecule is COCC1(CNS(=O)(=O)N2CCC3(CC2)OCCO3)CCCN1.Cl. The lowest BCUT2D eigenvalue weighted by atomic mass is 9.99. The average molecular weight is 386 g/mol. The van der Waals surface area contributed by atoms with Gasteiger partial charge in [0.15, 0.2) is 5.79 Å². The van der Waals surface area contributed by atoms with Crippen molar-refractivity contribution in [1.29, 1.82) is 0 Å². The first-order valence-electron chi connectivity index (χ1n) is 8.26. The first-order valence-corrected chi connectivity index (χ1v) is 9.70. The lowest BCUT2D eigenvalue weighted by molar-refractivity contribution is -0.179. The predicted octanol–water partition coefficient (Wildman–Crippen LogP) is -0.150. The van der Waals surface area contributed by atoms with E-state index in [1.807, 2.05) is 0 Å². The molecule has 142 valence electrons. The van der Waals surface area contributed by atoms with Gasteiger partial charge in [0.2, 0.25) is 0 Å². The molecule has 3 rings (SSSR count). The Balaban J connectivity index is 0.00000208. The van der Waals surface area contributed by atoms with E-state index in [0.717, 1.165) is 19.4 Å². The van der Waals surface area contributed by atoms with Crippen LogP contribution in [0.3, 0.4) is 0 Å². The van der Waals surface area contributed by atoms with E-state index in [9.17, 15) is 8.42 Å². The zero-order valence-electron chi connectivity index (χ0n) is 14.1. The largest absolute Gasteiger partial charge is 0.383 e. The molecule has 3 saturated heterocycles. The molecule has 3 aliphatic heterocycles. The summed E-state index contributed by atoms with van der Waals surface area (Å²) in [6.07, 6.45) is 3.10. The lowest BCUT2D eigenvalue weighted by Gasteiger charge is -2.37. The van der Waals surface area contributed by atoms with Crippen LogP contribution < -0.4 is 10.0 Å². The minimum atomic E-state index is -3.50. The van der Waals surface area contributed by atoms with E-state index in [1.54, 1.807) is 7.11 Å². The molecule has 1 unspecified atom stereocenters. The van der Waals surface area contributed by atoms with Crippen LogP contribution in [0.15, 0.2) is 0 Å². The van der Waals surface area contributed by atoms with Crippen molar-refractivity contribution < 1.29 is 22.6 Å². The minimum absolute atomic E-state index is 0. The molecule has 10 heteroatoms. The van der Waals surface area contributed by atoms with Crippen LogP contribution in [0.5, 0.6) is 0 Å². The average Bonchev–Trinajstić information content (AvgIpc) is 3.17. The van der Waals surface area contributed by atoms with Gasteiger partial charge in [0, 0.05) is 39.6 Å². The molecule has 0 aromatic carbocycles. The molecule has 0 aliphatic carbocycles. The van der Waals surface area contributed by atoms with Crippen LogP contribution in [0.4, 0.5) is 0 Å². The van der Waals surface area contributed by atoms with E-state index < -0.39 is 16.0 Å². The number of hydrogen-bond acceptors (Lipinski definition) is 6. The Morgan fingerprint density at radius 1 is 1.21 bits per heavy atom. The summed E-state index contributed by atoms with van der Waals surface area (Å²) >= 11 is 0. The van der Waals surface area contributed by atoms with Crippen molar-refractivity contribution in [2.24, 2.45) is 0 Å². The summed E-state index contributed by atoms with van der Waals surface area (Å²) in [6.45, 7) is 3.76. The quantitative estimate of drug-likeness (QED) is 0.661. The molecule has 0 radical (unpaired) electrons. The number of ether oxygens (including phenoxy) is 3. The topological polar surface area (TPSA) is 89.1 Å². The second kappa shape index (κ2) is 8.13. The van der Waals surface area contributed by atoms with E-state index in [2.05, 4.69) is 10.0 Å². The summed E-state index contributed by atoms with van der Waals surface area (Å²) in [5, 5.41) is 3.38. The molecule has 0 aromatic heterocycles. The fourth-order valence-electron chi connectivity index (χ4n) is 3.64. The van der Waals surface area contributed by atoms with E-state index in [4.69, 9.17) is 14.2 Å². The van der Waals surface area contributed by atoms with Crippen molar-refractivity contribution >= 4 is 22.6 Å². The Kier molecular flexibility index (Phi) is 6.88. The van der Waals surface area contributed by atoms with Crippen molar-refractivity contribution in [2.45, 2.75) is 37.0 Å². The molecular weight excluding hydrogens is 358 g/mol. The molecule has 3 fully saturated rings. The third kappa shape index (κ3) is 4.39. The van der Waals surface area contributed by atoms with Crippen LogP contribution >= 0.6 is 12.4 Å². The van der Waals surface area contributed by atoms with Gasteiger partial charge in [-0.2, -0.15) is 12.7 Å². The van der Waals surface area contributed by atoms with Crippen molar-refractivity contribution in [2.75, 3.05) is 53.1 Å². The molecule has 3 aliphatic rings. The van der Waals surface area contributed by atoms with Crippen LogP contribution in [0, 0.1) is 0 Å². The number of hydrogen-bond donors (Lipinski definition) is 2. The zero-order valence-corrected chi connectivity index (χ0v) is 15.7. The summed E-state index contributed by atoms with van der Waals surface area (Å²) in [7, 11) is -1.86. The molecule has 2 N–H and O–H groups in total. The van der Waals surface area contributed by atoms with Gasteiger partial charge in [0.05, 0.1) is 25.4 Å². The molecule has 0 bridgehead atoms. The van der Waals surface area contributed by atoms with E-state index >= 15 is 0 Å². The van der Waals surface area contributed by atoms with Crippen LogP contribution in [0.1, 0.15) is 25.7 Å². The summed E-state index contributed by atoms with van der Waals surface area (Å²) in [5.41, 5.74) is -0.295. The number of halogens is 1. The van der Waals surface area contributed by atoms with E-state index in [0.29, 0.717) is 52.3 Å². The maximum atomic E-state index is 12.6. The number of nitrogens with zero attached hydrogens (tertiary/aromatic N) is 1. The lowest BCUT2D eigenvalue weighted by Crippen LogP contribution is -2.56. The Hall–Kier alpha value is -0.0000000000000000555. The molecule has 24 heavy (non-hydrogen) atoms. The monoisotopic (exact) mass is 385 g/mol. The minimum Gasteiger partial charge on any atom is -0.383 e. The van der Waals surface area contributed by atoms with Gasteiger partial charge in [-0.05, 0) is 19.4 Å². The number of nitrogens with one attached hydrogen (secondary N) is 2. The Morgan fingerprint density at radius 2 is 1.88 bits per heavy atom. The third-order valence-corrected chi connectivity index (χ3v) is 6.54. The first-order chi connectivity index (χ1) is 11.0. The standard InChI is InChI=1S/C14H27N3O5S.ClH/c1-20-12-13(3-2-6-15-13)11-16-23(18,19)17-7-4-14(5-8-17)21-9-10-22-14;/h15-16H,2-12H2,1H3;1H. The second-order valence-electron chi connectivity index (χ2n) is 6.58. The van der Waals surface area contributed by atoms with E-state index in [-0.39, 0.29) is 17.9 Å². The van der Waals surface area contributed by atoms with Gasteiger partial charge in [0.25, 0.3) is 10.2 Å². The molecule has 0 amide bonds. The number of rotatable bonds is 6. The number of piperidine rings is 1. The third-order valence-electron chi connectivity index (χ3n) is 4.98. The summed E-state index contributed by atoms with van der Waals surface area (Å²) in [4.78, 5) is 0. The van der Waals surface area contributed by atoms with Gasteiger partial charge < -0.3 is 19.5 Å². The molecule has 0 aromatic rings. The van der Waals surface area contributed by atoms with Gasteiger partial charge in [-0.1, -0.05) is 0 Å². The molecule has 1 atom stereocenters. The molecular formula is C14H28ClN3O5S. The fraction of sp³-hybridized carbons (Fsp3) is 1.00. The van der Waals surface area contributed by atoms with E-state index in [1.165, 1.54) is 4.31 Å². The van der Waals surface area contributed by atoms with Gasteiger partial charge in [-0.25, -0.2) is 4.72 Å². The van der Waals surface area contributed by atoms with Crippen LogP contribution in [0.25, 0.3) is 0 Å². The van der Waals surface area contributed by atoms with Gasteiger partial charge in [-0.15, -0.1) is 12.4 Å². The highest BCUT2D eigenvalue weighted by Crippen LogP contribution is 2.32. The van der Waals surface area contributed by atoms with Crippen molar-refractivity contribution in [3.63, 3.8) is 0 Å². The summed E-state index contributed by atoms with van der Waals surface area (Å²) in [5.74, 6) is -0.559. The van der Waals surface area contributed by atoms with Crippen LogP contribution in [-0.4, -0.2) is 77.2 Å². The van der Waals surface area contributed by atoms with Gasteiger partial charge >= 0.3 is 0 Å². The fourth-order valence-corrected chi connectivity index (χ4v) is 4.95. The Bertz CT molecular complexity index is 497. The normalized spacial score (nSPS) is 30.5. The highest BCUT2D eigenvalue weighted by atomic mass is 35.5. The van der Waals surface area contributed by atoms with Gasteiger partial charge in [0.1, 0.15) is 0 Å². The zero-order chi connectivity index (χ0) is 16.4. The Labute approximate surface area is 150 Å². The van der Waals surface area contributed by atoms with Crippen molar-refractivity contribution in [3.8, 4) is 0 Å². The molecule has 8 nitrogen and oxygen atoms in total. The first kappa shape index (κ1) is 20.3. The summed E-state index contributed by atoms with van der Waals surface area (Å²) < 4.78 is 45.9. The molecule has 0 saturated carbocycles. The molecule has 1 spiro atoms. The molecule has 3 heterocycles. The smallest absolute Gasteiger partial charge is 0.279 e. The number of methoxy groups -OCH3 is 1. The highest BCUT2D eigenvalue weighted by Gasteiger charge is 2.43. The van der Waals surface area contributed by atoms with Crippen molar-refractivity contribution in [3.05, 3.63) is 0 Å². The maximum absolute atomic E-state index is 12.6. The van der Waals surface area contributed by atoms with Crippen molar-refractivity contribution in [1.82, 2.24) is 14.3 Å². The maximum Gasteiger partial charge on any atom is 0.279 e. The highest BCUT2D eigenvalue weighted by molar-refractivity contribution is 7.87. The van der Waals surface area contributed by atoms with Crippen LogP contribution in [0.2, 0.25) is 0 Å². The summed E-state index contributed by atoms with van der Waals surface area (Å²) in [6, 6.07) is 0. The second-order valence-corrected chi connectivity index (χ2v) is 8.33. The Morgan fingerprint density at radius 3 is 2.42 bits per heavy atom. The predicted molar refractivity (Wildman–Crippen MR) is 91.5 cm³/mol. The van der Waals surface area contributed by atoms with Crippen LogP contribution in [-0.2, 0) is 24.4 Å².